The first-order chi connectivity index (χ1) is 13.3. The van der Waals surface area contributed by atoms with E-state index >= 15 is 0 Å². The Bertz CT molecular complexity index is 1080. The molecule has 2 aromatic rings. The Balaban J connectivity index is 1.51. The van der Waals surface area contributed by atoms with Crippen molar-refractivity contribution >= 4 is 33.4 Å². The maximum atomic E-state index is 12.7. The summed E-state index contributed by atoms with van der Waals surface area (Å²) >= 11 is 6.29. The van der Waals surface area contributed by atoms with Gasteiger partial charge in [-0.25, -0.2) is 12.7 Å². The minimum atomic E-state index is -4.04. The van der Waals surface area contributed by atoms with Crippen LogP contribution in [0.15, 0.2) is 53.4 Å². The summed E-state index contributed by atoms with van der Waals surface area (Å²) in [6.07, 6.45) is 1.77. The van der Waals surface area contributed by atoms with Crippen LogP contribution >= 0.6 is 11.6 Å². The predicted octanol–water partition coefficient (Wildman–Crippen LogP) is 2.72. The standard InChI is InChI=1S/C20H19ClN2O4S/c1-13(23-19(25)14-6-2-5-9-17(14)28(23,26)27)18(24)22-12-20(10-11-20)15-7-3-4-8-16(15)21/h2-9,13H,10-12H2,1H3,(H,22,24)/t13-/m1/s1. The lowest BCUT2D eigenvalue weighted by Gasteiger charge is -2.24. The number of benzene rings is 2. The summed E-state index contributed by atoms with van der Waals surface area (Å²) in [6.45, 7) is 1.76. The maximum absolute atomic E-state index is 12.7. The van der Waals surface area contributed by atoms with Crippen molar-refractivity contribution in [3.63, 3.8) is 0 Å². The predicted molar refractivity (Wildman–Crippen MR) is 105 cm³/mol. The Hall–Kier alpha value is -2.38. The molecule has 0 spiro atoms. The number of nitrogens with one attached hydrogen (secondary N) is 1. The fourth-order valence-corrected chi connectivity index (χ4v) is 5.74. The summed E-state index contributed by atoms with van der Waals surface area (Å²) in [5.74, 6) is -1.19. The van der Waals surface area contributed by atoms with Gasteiger partial charge in [-0.05, 0) is 43.5 Å². The van der Waals surface area contributed by atoms with Gasteiger partial charge in [-0.2, -0.15) is 0 Å². The molecule has 28 heavy (non-hydrogen) atoms. The second kappa shape index (κ2) is 6.60. The van der Waals surface area contributed by atoms with Gasteiger partial charge in [-0.1, -0.05) is 41.9 Å². The number of hydrogen-bond acceptors (Lipinski definition) is 4. The van der Waals surface area contributed by atoms with Crippen LogP contribution in [0, 0.1) is 0 Å². The van der Waals surface area contributed by atoms with E-state index in [0.717, 1.165) is 18.4 Å². The first-order valence-corrected chi connectivity index (χ1v) is 10.8. The fraction of sp³-hybridized carbons (Fsp3) is 0.300. The minimum absolute atomic E-state index is 0.0608. The summed E-state index contributed by atoms with van der Waals surface area (Å²) in [5, 5.41) is 3.47. The number of carbonyl (C=O) groups is 2. The molecule has 8 heteroatoms. The van der Waals surface area contributed by atoms with Crippen LogP contribution in [0.3, 0.4) is 0 Å². The Morgan fingerprint density at radius 2 is 1.82 bits per heavy atom. The Morgan fingerprint density at radius 3 is 2.46 bits per heavy atom. The lowest BCUT2D eigenvalue weighted by molar-refractivity contribution is -0.124. The highest BCUT2D eigenvalue weighted by Crippen LogP contribution is 2.49. The minimum Gasteiger partial charge on any atom is -0.353 e. The van der Waals surface area contributed by atoms with Gasteiger partial charge in [0.1, 0.15) is 10.9 Å². The number of fused-ring (bicyclic) bond motifs is 1. The molecule has 4 rings (SSSR count). The van der Waals surface area contributed by atoms with E-state index in [1.165, 1.54) is 19.1 Å². The number of rotatable bonds is 5. The zero-order chi connectivity index (χ0) is 20.1. The molecule has 1 aliphatic carbocycles. The third-order valence-electron chi connectivity index (χ3n) is 5.49. The summed E-state index contributed by atoms with van der Waals surface area (Å²) < 4.78 is 26.1. The van der Waals surface area contributed by atoms with Gasteiger partial charge in [0.15, 0.2) is 0 Å². The van der Waals surface area contributed by atoms with Gasteiger partial charge in [0.25, 0.3) is 15.9 Å². The van der Waals surface area contributed by atoms with Crippen molar-refractivity contribution in [1.29, 1.82) is 0 Å². The molecular weight excluding hydrogens is 400 g/mol. The Kier molecular flexibility index (Phi) is 4.47. The highest BCUT2D eigenvalue weighted by Gasteiger charge is 2.48. The quantitative estimate of drug-likeness (QED) is 0.809. The molecule has 0 bridgehead atoms. The molecule has 1 N–H and O–H groups in total. The molecule has 0 saturated heterocycles. The van der Waals surface area contributed by atoms with Crippen molar-refractivity contribution in [1.82, 2.24) is 9.62 Å². The van der Waals surface area contributed by atoms with Crippen LogP contribution in [0.2, 0.25) is 5.02 Å². The highest BCUT2D eigenvalue weighted by atomic mass is 35.5. The van der Waals surface area contributed by atoms with Crippen LogP contribution < -0.4 is 5.32 Å². The van der Waals surface area contributed by atoms with Crippen molar-refractivity contribution in [2.45, 2.75) is 36.1 Å². The summed E-state index contributed by atoms with van der Waals surface area (Å²) in [4.78, 5) is 25.2. The molecular formula is C20H19ClN2O4S. The second-order valence-electron chi connectivity index (χ2n) is 7.26. The van der Waals surface area contributed by atoms with Crippen LogP contribution in [0.4, 0.5) is 0 Å². The van der Waals surface area contributed by atoms with E-state index in [1.54, 1.807) is 12.1 Å². The van der Waals surface area contributed by atoms with Gasteiger partial charge >= 0.3 is 0 Å². The third-order valence-corrected chi connectivity index (χ3v) is 7.73. The molecule has 2 aromatic carbocycles. The molecule has 146 valence electrons. The lowest BCUT2D eigenvalue weighted by atomic mass is 9.96. The van der Waals surface area contributed by atoms with Crippen molar-refractivity contribution < 1.29 is 18.0 Å². The lowest BCUT2D eigenvalue weighted by Crippen LogP contribution is -2.49. The van der Waals surface area contributed by atoms with Crippen molar-refractivity contribution in [2.75, 3.05) is 6.54 Å². The monoisotopic (exact) mass is 418 g/mol. The normalized spacial score (nSPS) is 19.8. The topological polar surface area (TPSA) is 83.6 Å². The van der Waals surface area contributed by atoms with Gasteiger partial charge in [0.2, 0.25) is 5.91 Å². The highest BCUT2D eigenvalue weighted by molar-refractivity contribution is 7.90. The first kappa shape index (κ1) is 19.0. The molecule has 6 nitrogen and oxygen atoms in total. The van der Waals surface area contributed by atoms with Crippen molar-refractivity contribution in [3.8, 4) is 0 Å². The average Bonchev–Trinajstić information content (AvgIpc) is 3.43. The van der Waals surface area contributed by atoms with Crippen LogP contribution in [-0.2, 0) is 20.2 Å². The summed E-state index contributed by atoms with van der Waals surface area (Å²) in [6, 6.07) is 12.3. The van der Waals surface area contributed by atoms with E-state index in [-0.39, 0.29) is 15.9 Å². The van der Waals surface area contributed by atoms with E-state index in [2.05, 4.69) is 5.32 Å². The van der Waals surface area contributed by atoms with Crippen LogP contribution in [0.5, 0.6) is 0 Å². The molecule has 1 fully saturated rings. The summed E-state index contributed by atoms with van der Waals surface area (Å²) in [5.41, 5.74) is 0.837. The molecule has 2 amide bonds. The molecule has 1 aliphatic heterocycles. The van der Waals surface area contributed by atoms with Crippen molar-refractivity contribution in [3.05, 3.63) is 64.7 Å². The number of amides is 2. The first-order valence-electron chi connectivity index (χ1n) is 8.98. The zero-order valence-corrected chi connectivity index (χ0v) is 16.8. The smallest absolute Gasteiger partial charge is 0.269 e. The van der Waals surface area contributed by atoms with E-state index in [1.807, 2.05) is 24.3 Å². The molecule has 0 unspecified atom stereocenters. The number of halogens is 1. The third kappa shape index (κ3) is 2.89. The average molecular weight is 419 g/mol. The Morgan fingerprint density at radius 1 is 1.18 bits per heavy atom. The van der Waals surface area contributed by atoms with Crippen LogP contribution in [0.25, 0.3) is 0 Å². The van der Waals surface area contributed by atoms with Gasteiger partial charge < -0.3 is 5.32 Å². The molecule has 0 aromatic heterocycles. The van der Waals surface area contributed by atoms with Gasteiger partial charge in [-0.15, -0.1) is 0 Å². The molecule has 0 radical (unpaired) electrons. The van der Waals surface area contributed by atoms with Crippen molar-refractivity contribution in [2.24, 2.45) is 0 Å². The number of carbonyl (C=O) groups excluding carboxylic acids is 2. The fourth-order valence-electron chi connectivity index (χ4n) is 3.68. The molecule has 1 atom stereocenters. The van der Waals surface area contributed by atoms with E-state index < -0.39 is 27.9 Å². The van der Waals surface area contributed by atoms with Gasteiger partial charge in [0.05, 0.1) is 5.56 Å². The van der Waals surface area contributed by atoms with Gasteiger partial charge in [0, 0.05) is 17.0 Å². The summed E-state index contributed by atoms with van der Waals surface area (Å²) in [7, 11) is -4.04. The molecule has 2 aliphatic rings. The van der Waals surface area contributed by atoms with Crippen LogP contribution in [0.1, 0.15) is 35.7 Å². The Labute approximate surface area is 168 Å². The van der Waals surface area contributed by atoms with Crippen LogP contribution in [-0.4, -0.2) is 37.1 Å². The zero-order valence-electron chi connectivity index (χ0n) is 15.2. The van der Waals surface area contributed by atoms with Gasteiger partial charge in [-0.3, -0.25) is 9.59 Å². The van der Waals surface area contributed by atoms with E-state index in [9.17, 15) is 18.0 Å². The van der Waals surface area contributed by atoms with E-state index in [4.69, 9.17) is 11.6 Å². The molecule has 1 heterocycles. The number of hydrogen-bond donors (Lipinski definition) is 1. The SMILES string of the molecule is C[C@H](C(=O)NCC1(c2ccccc2Cl)CC1)N1C(=O)c2ccccc2S1(=O)=O. The maximum Gasteiger partial charge on any atom is 0.269 e. The molecule has 1 saturated carbocycles. The second-order valence-corrected chi connectivity index (χ2v) is 9.45. The van der Waals surface area contributed by atoms with E-state index in [0.29, 0.717) is 15.9 Å². The largest absolute Gasteiger partial charge is 0.353 e. The number of nitrogens with zero attached hydrogens (tertiary/aromatic N) is 1. The number of sulfonamides is 1.